The Labute approximate surface area is 189 Å². The number of carbonyl (C=O) groups is 1. The van der Waals surface area contributed by atoms with Gasteiger partial charge in [0.25, 0.3) is 0 Å². The molecule has 0 saturated carbocycles. The fourth-order valence-corrected chi connectivity index (χ4v) is 4.40. The van der Waals surface area contributed by atoms with Crippen molar-refractivity contribution < 1.29 is 14.3 Å². The van der Waals surface area contributed by atoms with E-state index >= 15 is 0 Å². The Kier molecular flexibility index (Phi) is 5.64. The standard InChI is InChI=1S/C23H21N5O3S/c1-27(12-17-13-30-19-9-5-6-10-20(19)31-17)21(29)14-32-23-18-11-26-28(22(18)24-15-25-23)16-7-3-2-4-8-16/h2-11,15,17H,12-14H2,1H3/t17-/m0/s1. The van der Waals surface area contributed by atoms with E-state index in [1.807, 2.05) is 54.6 Å². The van der Waals surface area contributed by atoms with Crippen molar-refractivity contribution in [2.24, 2.45) is 0 Å². The van der Waals surface area contributed by atoms with Crippen LogP contribution in [0.15, 0.2) is 72.1 Å². The van der Waals surface area contributed by atoms with Gasteiger partial charge in [0.15, 0.2) is 23.3 Å². The summed E-state index contributed by atoms with van der Waals surface area (Å²) in [6.07, 6.45) is 3.03. The van der Waals surface area contributed by atoms with Gasteiger partial charge in [0.1, 0.15) is 18.0 Å². The topological polar surface area (TPSA) is 82.4 Å². The molecule has 0 spiro atoms. The summed E-state index contributed by atoms with van der Waals surface area (Å²) in [5, 5.41) is 6.00. The zero-order chi connectivity index (χ0) is 21.9. The molecule has 0 aliphatic carbocycles. The Morgan fingerprint density at radius 1 is 1.12 bits per heavy atom. The predicted molar refractivity (Wildman–Crippen MR) is 121 cm³/mol. The number of ether oxygens (including phenoxy) is 2. The van der Waals surface area contributed by atoms with Crippen LogP contribution in [0.5, 0.6) is 11.5 Å². The highest BCUT2D eigenvalue weighted by molar-refractivity contribution is 8.00. The van der Waals surface area contributed by atoms with Gasteiger partial charge in [-0.25, -0.2) is 14.6 Å². The lowest BCUT2D eigenvalue weighted by molar-refractivity contribution is -0.128. The SMILES string of the molecule is CN(C[C@H]1COc2ccccc2O1)C(=O)CSc1ncnc2c1cnn2-c1ccccc1. The first-order chi connectivity index (χ1) is 15.7. The summed E-state index contributed by atoms with van der Waals surface area (Å²) in [5.74, 6) is 1.68. The van der Waals surface area contributed by atoms with Gasteiger partial charge in [-0.15, -0.1) is 0 Å². The van der Waals surface area contributed by atoms with Crippen molar-refractivity contribution >= 4 is 28.7 Å². The second-order valence-corrected chi connectivity index (χ2v) is 8.33. The summed E-state index contributed by atoms with van der Waals surface area (Å²) in [7, 11) is 1.77. The lowest BCUT2D eigenvalue weighted by atomic mass is 10.2. The maximum absolute atomic E-state index is 12.7. The van der Waals surface area contributed by atoms with Gasteiger partial charge in [-0.2, -0.15) is 5.10 Å². The minimum absolute atomic E-state index is 0.0142. The van der Waals surface area contributed by atoms with Crippen molar-refractivity contribution in [1.82, 2.24) is 24.6 Å². The van der Waals surface area contributed by atoms with Gasteiger partial charge in [-0.3, -0.25) is 4.79 Å². The molecule has 1 aliphatic rings. The second kappa shape index (κ2) is 8.88. The average Bonchev–Trinajstić information content (AvgIpc) is 3.28. The molecule has 4 aromatic rings. The van der Waals surface area contributed by atoms with Crippen LogP contribution >= 0.6 is 11.8 Å². The van der Waals surface area contributed by atoms with Crippen LogP contribution < -0.4 is 9.47 Å². The molecule has 1 atom stereocenters. The van der Waals surface area contributed by atoms with Crippen LogP contribution in [0.2, 0.25) is 0 Å². The van der Waals surface area contributed by atoms with E-state index in [1.54, 1.807) is 22.8 Å². The van der Waals surface area contributed by atoms with E-state index in [-0.39, 0.29) is 17.8 Å². The van der Waals surface area contributed by atoms with Crippen LogP contribution in [0, 0.1) is 0 Å². The van der Waals surface area contributed by atoms with Gasteiger partial charge in [-0.05, 0) is 24.3 Å². The minimum atomic E-state index is -0.210. The van der Waals surface area contributed by atoms with Crippen molar-refractivity contribution in [2.45, 2.75) is 11.1 Å². The summed E-state index contributed by atoms with van der Waals surface area (Å²) in [6, 6.07) is 17.3. The highest BCUT2D eigenvalue weighted by Crippen LogP contribution is 2.31. The Hall–Kier alpha value is -3.59. The molecule has 0 radical (unpaired) electrons. The molecular formula is C23H21N5O3S. The van der Waals surface area contributed by atoms with Crippen LogP contribution in [-0.4, -0.2) is 62.6 Å². The molecule has 1 amide bonds. The maximum atomic E-state index is 12.7. The smallest absolute Gasteiger partial charge is 0.232 e. The summed E-state index contributed by atoms with van der Waals surface area (Å²) in [5.41, 5.74) is 1.63. The van der Waals surface area contributed by atoms with Crippen LogP contribution in [0.25, 0.3) is 16.7 Å². The monoisotopic (exact) mass is 447 g/mol. The van der Waals surface area contributed by atoms with Crippen molar-refractivity contribution in [1.29, 1.82) is 0 Å². The maximum Gasteiger partial charge on any atom is 0.232 e. The number of nitrogens with zero attached hydrogens (tertiary/aromatic N) is 5. The van der Waals surface area contributed by atoms with Gasteiger partial charge in [0.2, 0.25) is 5.91 Å². The Balaban J connectivity index is 1.23. The van der Waals surface area contributed by atoms with E-state index in [9.17, 15) is 4.79 Å². The fraction of sp³-hybridized carbons (Fsp3) is 0.217. The third kappa shape index (κ3) is 4.11. The molecule has 8 nitrogen and oxygen atoms in total. The molecule has 9 heteroatoms. The Bertz CT molecular complexity index is 1250. The first kappa shape index (κ1) is 20.3. The first-order valence-electron chi connectivity index (χ1n) is 10.2. The van der Waals surface area contributed by atoms with Gasteiger partial charge in [0, 0.05) is 7.05 Å². The Morgan fingerprint density at radius 2 is 1.91 bits per heavy atom. The molecule has 0 saturated heterocycles. The van der Waals surface area contributed by atoms with E-state index in [0.29, 0.717) is 24.5 Å². The molecule has 2 aromatic carbocycles. The van der Waals surface area contributed by atoms with E-state index in [1.165, 1.54) is 18.1 Å². The summed E-state index contributed by atoms with van der Waals surface area (Å²) in [4.78, 5) is 23.2. The summed E-state index contributed by atoms with van der Waals surface area (Å²) < 4.78 is 13.5. The van der Waals surface area contributed by atoms with Crippen LogP contribution in [0.4, 0.5) is 0 Å². The molecule has 1 aliphatic heterocycles. The molecule has 32 heavy (non-hydrogen) atoms. The molecule has 3 heterocycles. The lowest BCUT2D eigenvalue weighted by Gasteiger charge is -2.29. The van der Waals surface area contributed by atoms with Crippen molar-refractivity contribution in [3.63, 3.8) is 0 Å². The number of thioether (sulfide) groups is 1. The number of para-hydroxylation sites is 3. The zero-order valence-corrected chi connectivity index (χ0v) is 18.2. The van der Waals surface area contributed by atoms with Crippen LogP contribution in [0.3, 0.4) is 0 Å². The number of rotatable bonds is 6. The minimum Gasteiger partial charge on any atom is -0.486 e. The van der Waals surface area contributed by atoms with Crippen LogP contribution in [0.1, 0.15) is 0 Å². The number of likely N-dealkylation sites (N-methyl/N-ethyl adjacent to an activating group) is 1. The van der Waals surface area contributed by atoms with E-state index in [4.69, 9.17) is 9.47 Å². The molecule has 2 aromatic heterocycles. The largest absolute Gasteiger partial charge is 0.486 e. The highest BCUT2D eigenvalue weighted by Gasteiger charge is 2.24. The van der Waals surface area contributed by atoms with Crippen molar-refractivity contribution in [3.8, 4) is 17.2 Å². The number of benzene rings is 2. The third-order valence-corrected chi connectivity index (χ3v) is 6.12. The molecule has 0 N–H and O–H groups in total. The second-order valence-electron chi connectivity index (χ2n) is 7.37. The quantitative estimate of drug-likeness (QED) is 0.332. The summed E-state index contributed by atoms with van der Waals surface area (Å²) >= 11 is 1.38. The third-order valence-electron chi connectivity index (χ3n) is 5.13. The fourth-order valence-electron chi connectivity index (χ4n) is 3.50. The van der Waals surface area contributed by atoms with Crippen molar-refractivity contribution in [3.05, 3.63) is 67.1 Å². The molecule has 0 fully saturated rings. The predicted octanol–water partition coefficient (Wildman–Crippen LogP) is 3.21. The molecule has 162 valence electrons. The van der Waals surface area contributed by atoms with Gasteiger partial charge >= 0.3 is 0 Å². The number of hydrogen-bond donors (Lipinski definition) is 0. The molecule has 0 unspecified atom stereocenters. The zero-order valence-electron chi connectivity index (χ0n) is 17.4. The normalized spacial score (nSPS) is 15.0. The van der Waals surface area contributed by atoms with E-state index in [0.717, 1.165) is 21.8 Å². The van der Waals surface area contributed by atoms with Crippen molar-refractivity contribution in [2.75, 3.05) is 26.0 Å². The number of hydrogen-bond acceptors (Lipinski definition) is 7. The van der Waals surface area contributed by atoms with E-state index in [2.05, 4.69) is 15.1 Å². The van der Waals surface area contributed by atoms with Gasteiger partial charge in [0.05, 0.1) is 29.6 Å². The first-order valence-corrected chi connectivity index (χ1v) is 11.2. The van der Waals surface area contributed by atoms with Crippen LogP contribution in [-0.2, 0) is 4.79 Å². The Morgan fingerprint density at radius 3 is 2.75 bits per heavy atom. The average molecular weight is 448 g/mol. The lowest BCUT2D eigenvalue weighted by Crippen LogP contribution is -2.42. The summed E-state index contributed by atoms with van der Waals surface area (Å²) in [6.45, 7) is 0.853. The van der Waals surface area contributed by atoms with E-state index < -0.39 is 0 Å². The highest BCUT2D eigenvalue weighted by atomic mass is 32.2. The number of carbonyl (C=O) groups excluding carboxylic acids is 1. The number of amides is 1. The van der Waals surface area contributed by atoms with Gasteiger partial charge < -0.3 is 14.4 Å². The number of aromatic nitrogens is 4. The molecule has 0 bridgehead atoms. The number of fused-ring (bicyclic) bond motifs is 2. The van der Waals surface area contributed by atoms with Gasteiger partial charge in [-0.1, -0.05) is 42.1 Å². The molecule has 5 rings (SSSR count). The molecular weight excluding hydrogens is 426 g/mol.